The van der Waals surface area contributed by atoms with Crippen LogP contribution in [-0.2, 0) is 26.0 Å². The Bertz CT molecular complexity index is 2240. The number of amides is 1. The van der Waals surface area contributed by atoms with Crippen LogP contribution in [0.25, 0.3) is 0 Å². The van der Waals surface area contributed by atoms with Gasteiger partial charge in [0.15, 0.2) is 0 Å². The third-order valence-electron chi connectivity index (χ3n) is 9.81. The number of carbonyl (C=O) groups excluding carboxylic acids is 2. The average Bonchev–Trinajstić information content (AvgIpc) is 3.12. The van der Waals surface area contributed by atoms with Crippen molar-refractivity contribution in [2.24, 2.45) is 10.7 Å². The Morgan fingerprint density at radius 2 is 1.55 bits per heavy atom. The van der Waals surface area contributed by atoms with Gasteiger partial charge < -0.3 is 25.1 Å². The van der Waals surface area contributed by atoms with Crippen LogP contribution in [0.5, 0.6) is 5.75 Å². The molecular formula is C43H53N5O7S. The first-order valence-electron chi connectivity index (χ1n) is 18.8. The van der Waals surface area contributed by atoms with Gasteiger partial charge in [0, 0.05) is 18.8 Å². The standard InChI is InChI=1S/C43H53N5O7S/c1-27-28(2)38(29(3)33-23-24-43(7,8)54-37(27)33)56(52,53)47-41(44)45-25-15-20-34(40(51)55-42(4,5)6)46-39(50)32-21-22-35(49)48(26-32)36(30-16-11-9-12-17-30)31-18-13-10-14-19-31/h9-14,16-19,21-22,26,34,36H,15,20,23-25H2,1-8H3,(H,46,50)(H3,44,45,47)/t34-/m0/s1. The summed E-state index contributed by atoms with van der Waals surface area (Å²) in [6.45, 7) is 14.7. The SMILES string of the molecule is Cc1c(C)c(S(=O)(=O)NC(N)=NCCC[C@H](NC(=O)c2ccc(=O)n(C(c3ccccc3)c3ccccc3)c2)C(=O)OC(C)(C)C)c(C)c2c1OC(C)(C)CC2. The maximum atomic E-state index is 13.8. The molecule has 0 unspecified atom stereocenters. The second kappa shape index (κ2) is 16.7. The van der Waals surface area contributed by atoms with E-state index in [1.165, 1.54) is 22.9 Å². The van der Waals surface area contributed by atoms with Crippen molar-refractivity contribution in [3.8, 4) is 5.75 Å². The van der Waals surface area contributed by atoms with Gasteiger partial charge >= 0.3 is 5.97 Å². The second-order valence-electron chi connectivity index (χ2n) is 15.8. The molecule has 0 radical (unpaired) electrons. The number of guanidine groups is 1. The zero-order valence-corrected chi connectivity index (χ0v) is 34.3. The van der Waals surface area contributed by atoms with E-state index >= 15 is 0 Å². The highest BCUT2D eigenvalue weighted by Gasteiger charge is 2.34. The zero-order valence-electron chi connectivity index (χ0n) is 33.4. The minimum Gasteiger partial charge on any atom is -0.487 e. The average molecular weight is 784 g/mol. The molecule has 3 aromatic carbocycles. The molecule has 0 saturated carbocycles. The van der Waals surface area contributed by atoms with Gasteiger partial charge in [0.25, 0.3) is 21.5 Å². The first-order chi connectivity index (χ1) is 26.3. The second-order valence-corrected chi connectivity index (χ2v) is 17.5. The largest absolute Gasteiger partial charge is 0.487 e. The molecular weight excluding hydrogens is 731 g/mol. The Hall–Kier alpha value is -5.43. The number of ether oxygens (including phenoxy) is 2. The van der Waals surface area contributed by atoms with Crippen LogP contribution < -0.4 is 26.1 Å². The van der Waals surface area contributed by atoms with Gasteiger partial charge in [-0.05, 0) is 121 Å². The number of aliphatic imine (C=N–C) groups is 1. The Morgan fingerprint density at radius 3 is 2.14 bits per heavy atom. The summed E-state index contributed by atoms with van der Waals surface area (Å²) in [7, 11) is -4.10. The normalized spacial score (nSPS) is 14.7. The van der Waals surface area contributed by atoms with Crippen molar-refractivity contribution in [1.29, 1.82) is 0 Å². The Balaban J connectivity index is 1.32. The number of hydrogen-bond acceptors (Lipinski definition) is 8. The van der Waals surface area contributed by atoms with E-state index in [-0.39, 0.29) is 47.0 Å². The fourth-order valence-corrected chi connectivity index (χ4v) is 8.48. The highest BCUT2D eigenvalue weighted by molar-refractivity contribution is 7.90. The molecule has 4 N–H and O–H groups in total. The first-order valence-corrected chi connectivity index (χ1v) is 20.3. The minimum absolute atomic E-state index is 0.0499. The molecule has 0 fully saturated rings. The number of nitrogens with one attached hydrogen (secondary N) is 2. The number of hydrogen-bond donors (Lipinski definition) is 3. The number of nitrogens with two attached hydrogens (primary N) is 1. The number of rotatable bonds is 12. The third kappa shape index (κ3) is 9.86. The van der Waals surface area contributed by atoms with Crippen LogP contribution in [0.3, 0.4) is 0 Å². The number of fused-ring (bicyclic) bond motifs is 1. The Kier molecular flexibility index (Phi) is 12.5. The number of sulfonamides is 1. The molecule has 0 saturated heterocycles. The van der Waals surface area contributed by atoms with Gasteiger partial charge in [-0.3, -0.25) is 14.6 Å². The summed E-state index contributed by atoms with van der Waals surface area (Å²) in [6.07, 6.45) is 3.29. The van der Waals surface area contributed by atoms with E-state index in [0.29, 0.717) is 17.5 Å². The summed E-state index contributed by atoms with van der Waals surface area (Å²) in [5, 5.41) is 2.79. The molecule has 1 aliphatic rings. The summed E-state index contributed by atoms with van der Waals surface area (Å²) in [6, 6.07) is 20.2. The lowest BCUT2D eigenvalue weighted by atomic mass is 9.88. The van der Waals surface area contributed by atoms with Gasteiger partial charge in [0.2, 0.25) is 5.96 Å². The molecule has 12 nitrogen and oxygen atoms in total. The molecule has 1 aliphatic heterocycles. The summed E-state index contributed by atoms with van der Waals surface area (Å²) >= 11 is 0. The zero-order chi connectivity index (χ0) is 41.0. The molecule has 0 spiro atoms. The predicted molar refractivity (Wildman–Crippen MR) is 218 cm³/mol. The van der Waals surface area contributed by atoms with E-state index < -0.39 is 39.6 Å². The Morgan fingerprint density at radius 1 is 0.946 bits per heavy atom. The third-order valence-corrected chi connectivity index (χ3v) is 11.4. The molecule has 5 rings (SSSR count). The summed E-state index contributed by atoms with van der Waals surface area (Å²) in [5.74, 6) is -0.800. The van der Waals surface area contributed by atoms with Crippen LogP contribution in [0.2, 0.25) is 0 Å². The van der Waals surface area contributed by atoms with Crippen molar-refractivity contribution >= 4 is 27.9 Å². The van der Waals surface area contributed by atoms with Crippen molar-refractivity contribution in [2.75, 3.05) is 6.54 Å². The van der Waals surface area contributed by atoms with E-state index in [1.807, 2.05) is 81.4 Å². The van der Waals surface area contributed by atoms with E-state index in [2.05, 4.69) is 15.0 Å². The van der Waals surface area contributed by atoms with E-state index in [4.69, 9.17) is 15.2 Å². The van der Waals surface area contributed by atoms with Crippen LogP contribution in [0, 0.1) is 20.8 Å². The minimum atomic E-state index is -4.10. The summed E-state index contributed by atoms with van der Waals surface area (Å²) in [5.41, 5.74) is 9.31. The van der Waals surface area contributed by atoms with Crippen molar-refractivity contribution in [3.63, 3.8) is 0 Å². The molecule has 0 bridgehead atoms. The maximum absolute atomic E-state index is 13.8. The molecule has 1 atom stereocenters. The Labute approximate surface area is 329 Å². The van der Waals surface area contributed by atoms with Crippen molar-refractivity contribution in [2.45, 2.75) is 109 Å². The van der Waals surface area contributed by atoms with Crippen LogP contribution in [0.4, 0.5) is 0 Å². The monoisotopic (exact) mass is 783 g/mol. The van der Waals surface area contributed by atoms with Crippen LogP contribution in [0.1, 0.15) is 104 Å². The molecule has 4 aromatic rings. The first kappa shape index (κ1) is 41.7. The smallest absolute Gasteiger partial charge is 0.329 e. The molecule has 0 aliphatic carbocycles. The molecule has 2 heterocycles. The van der Waals surface area contributed by atoms with E-state index in [9.17, 15) is 22.8 Å². The molecule has 1 amide bonds. The lowest BCUT2D eigenvalue weighted by Gasteiger charge is -2.35. The fraction of sp³-hybridized carbons (Fsp3) is 0.395. The maximum Gasteiger partial charge on any atom is 0.329 e. The molecule has 13 heteroatoms. The van der Waals surface area contributed by atoms with Gasteiger partial charge in [0.05, 0.1) is 16.5 Å². The number of pyridine rings is 1. The van der Waals surface area contributed by atoms with Gasteiger partial charge in [-0.2, -0.15) is 0 Å². The molecule has 56 heavy (non-hydrogen) atoms. The number of aromatic nitrogens is 1. The van der Waals surface area contributed by atoms with Gasteiger partial charge in [0.1, 0.15) is 23.0 Å². The lowest BCUT2D eigenvalue weighted by molar-refractivity contribution is -0.157. The van der Waals surface area contributed by atoms with Crippen LogP contribution in [0.15, 0.2) is 93.7 Å². The quantitative estimate of drug-likeness (QED) is 0.0677. The van der Waals surface area contributed by atoms with Gasteiger partial charge in [-0.25, -0.2) is 17.9 Å². The van der Waals surface area contributed by atoms with Crippen molar-refractivity contribution in [1.82, 2.24) is 14.6 Å². The number of carbonyl (C=O) groups is 2. The predicted octanol–water partition coefficient (Wildman–Crippen LogP) is 6.03. The van der Waals surface area contributed by atoms with Gasteiger partial charge in [-0.1, -0.05) is 60.7 Å². The van der Waals surface area contributed by atoms with Crippen LogP contribution in [-0.4, -0.2) is 54.6 Å². The number of benzene rings is 3. The van der Waals surface area contributed by atoms with Crippen LogP contribution >= 0.6 is 0 Å². The lowest BCUT2D eigenvalue weighted by Crippen LogP contribution is -2.44. The molecule has 298 valence electrons. The fourth-order valence-electron chi connectivity index (χ4n) is 6.95. The number of nitrogens with zero attached hydrogens (tertiary/aromatic N) is 2. The summed E-state index contributed by atoms with van der Waals surface area (Å²) < 4.78 is 43.2. The highest BCUT2D eigenvalue weighted by Crippen LogP contribution is 2.42. The molecule has 1 aromatic heterocycles. The number of esters is 1. The summed E-state index contributed by atoms with van der Waals surface area (Å²) in [4.78, 5) is 44.8. The topological polar surface area (TPSA) is 171 Å². The van der Waals surface area contributed by atoms with Crippen molar-refractivity contribution in [3.05, 3.63) is 128 Å². The van der Waals surface area contributed by atoms with E-state index in [0.717, 1.165) is 34.4 Å². The van der Waals surface area contributed by atoms with Crippen molar-refractivity contribution < 1.29 is 27.5 Å². The highest BCUT2D eigenvalue weighted by atomic mass is 32.2. The van der Waals surface area contributed by atoms with Gasteiger partial charge in [-0.15, -0.1) is 0 Å². The van der Waals surface area contributed by atoms with E-state index in [1.54, 1.807) is 34.6 Å².